The molecule has 1 saturated heterocycles. The first kappa shape index (κ1) is 39.3. The Kier molecular flexibility index (Phi) is 23.3. The lowest BCUT2D eigenvalue weighted by atomic mass is 10.1. The number of rotatable bonds is 28. The van der Waals surface area contributed by atoms with E-state index in [1.54, 1.807) is 0 Å². The first-order valence-electron chi connectivity index (χ1n) is 16.4. The molecule has 0 aromatic heterocycles. The molecule has 0 amide bonds. The maximum atomic E-state index is 12.2. The molecule has 43 heavy (non-hydrogen) atoms. The molecule has 3 atom stereocenters. The molecule has 0 spiro atoms. The van der Waals surface area contributed by atoms with Gasteiger partial charge in [0.25, 0.3) is 0 Å². The van der Waals surface area contributed by atoms with Gasteiger partial charge < -0.3 is 24.0 Å². The highest BCUT2D eigenvalue weighted by Crippen LogP contribution is 2.36. The Morgan fingerprint density at radius 3 is 2.05 bits per heavy atom. The Balaban J connectivity index is 2.18. The number of unbranched alkanes of at least 4 members (excludes halogenated alkanes) is 9. The van der Waals surface area contributed by atoms with Gasteiger partial charge in [-0.3, -0.25) is 14.1 Å². The molecule has 1 fully saturated rings. The van der Waals surface area contributed by atoms with Gasteiger partial charge in [-0.1, -0.05) is 102 Å². The quantitative estimate of drug-likeness (QED) is 0.0290. The summed E-state index contributed by atoms with van der Waals surface area (Å²) < 4.78 is 31.8. The van der Waals surface area contributed by atoms with Gasteiger partial charge in [0, 0.05) is 12.8 Å². The van der Waals surface area contributed by atoms with Crippen molar-refractivity contribution in [2.45, 2.75) is 148 Å². The average molecular weight is 629 g/mol. The monoisotopic (exact) mass is 628 g/mol. The second-order valence-corrected chi connectivity index (χ2v) is 12.4. The fourth-order valence-electron chi connectivity index (χ4n) is 4.52. The Morgan fingerprint density at radius 2 is 1.35 bits per heavy atom. The minimum atomic E-state index is -4.76. The number of phosphoric acid groups is 1. The lowest BCUT2D eigenvalue weighted by Crippen LogP contribution is -2.29. The summed E-state index contributed by atoms with van der Waals surface area (Å²) in [5.41, 5.74) is 0. The van der Waals surface area contributed by atoms with Crippen molar-refractivity contribution in [2.75, 3.05) is 13.2 Å². The SMILES string of the molecule is CCCCC/C=C\C/C=C\C/C=C\CC1OC1CCCC(=O)OC[C@H](COP(=O)(O)O)OC(=O)CCCCCCCCC. The number of ether oxygens (including phenoxy) is 3. The molecule has 0 aromatic carbocycles. The van der Waals surface area contributed by atoms with Crippen LogP contribution >= 0.6 is 7.82 Å². The van der Waals surface area contributed by atoms with E-state index in [1.807, 2.05) is 0 Å². The molecule has 0 aliphatic carbocycles. The second-order valence-electron chi connectivity index (χ2n) is 11.2. The third kappa shape index (κ3) is 25.3. The molecule has 1 heterocycles. The van der Waals surface area contributed by atoms with Crippen LogP contribution in [0.3, 0.4) is 0 Å². The van der Waals surface area contributed by atoms with E-state index in [-0.39, 0.29) is 31.7 Å². The molecule has 0 saturated carbocycles. The van der Waals surface area contributed by atoms with Crippen LogP contribution in [-0.4, -0.2) is 53.3 Å². The molecule has 10 heteroatoms. The zero-order valence-corrected chi connectivity index (χ0v) is 27.4. The maximum Gasteiger partial charge on any atom is 0.469 e. The van der Waals surface area contributed by atoms with E-state index in [4.69, 9.17) is 24.0 Å². The molecule has 1 rings (SSSR count). The van der Waals surface area contributed by atoms with Gasteiger partial charge in [-0.2, -0.15) is 0 Å². The minimum Gasteiger partial charge on any atom is -0.462 e. The summed E-state index contributed by atoms with van der Waals surface area (Å²) in [6.07, 6.45) is 29.2. The zero-order valence-electron chi connectivity index (χ0n) is 26.5. The van der Waals surface area contributed by atoms with Crippen molar-refractivity contribution in [2.24, 2.45) is 0 Å². The van der Waals surface area contributed by atoms with Crippen LogP contribution in [0.4, 0.5) is 0 Å². The minimum absolute atomic E-state index is 0.142. The topological polar surface area (TPSA) is 132 Å². The normalized spacial score (nSPS) is 17.7. The summed E-state index contributed by atoms with van der Waals surface area (Å²) in [6.45, 7) is 3.50. The Morgan fingerprint density at radius 1 is 0.744 bits per heavy atom. The highest BCUT2D eigenvalue weighted by Gasteiger charge is 2.36. The van der Waals surface area contributed by atoms with Crippen molar-refractivity contribution >= 4 is 19.8 Å². The number of allylic oxidation sites excluding steroid dienone is 5. The summed E-state index contributed by atoms with van der Waals surface area (Å²) in [4.78, 5) is 42.4. The zero-order chi connectivity index (χ0) is 31.6. The molecular weight excluding hydrogens is 571 g/mol. The number of phosphoric ester groups is 1. The lowest BCUT2D eigenvalue weighted by Gasteiger charge is -2.18. The van der Waals surface area contributed by atoms with E-state index in [0.717, 1.165) is 44.9 Å². The van der Waals surface area contributed by atoms with E-state index >= 15 is 0 Å². The fraction of sp³-hybridized carbons (Fsp3) is 0.758. The smallest absolute Gasteiger partial charge is 0.462 e. The summed E-state index contributed by atoms with van der Waals surface area (Å²) in [5, 5.41) is 0. The molecule has 248 valence electrons. The number of esters is 2. The molecule has 0 radical (unpaired) electrons. The molecule has 1 aliphatic rings. The van der Waals surface area contributed by atoms with Crippen molar-refractivity contribution in [1.82, 2.24) is 0 Å². The number of carbonyl (C=O) groups is 2. The fourth-order valence-corrected chi connectivity index (χ4v) is 4.88. The van der Waals surface area contributed by atoms with Gasteiger partial charge in [0.15, 0.2) is 6.10 Å². The van der Waals surface area contributed by atoms with Crippen LogP contribution < -0.4 is 0 Å². The van der Waals surface area contributed by atoms with Crippen molar-refractivity contribution < 1.29 is 42.7 Å². The third-order valence-electron chi connectivity index (χ3n) is 7.09. The number of epoxide rings is 1. The van der Waals surface area contributed by atoms with E-state index in [0.29, 0.717) is 12.8 Å². The van der Waals surface area contributed by atoms with E-state index in [1.165, 1.54) is 44.9 Å². The molecule has 9 nitrogen and oxygen atoms in total. The van der Waals surface area contributed by atoms with Crippen LogP contribution in [0.15, 0.2) is 36.5 Å². The van der Waals surface area contributed by atoms with Gasteiger partial charge in [0.05, 0.1) is 18.8 Å². The van der Waals surface area contributed by atoms with Crippen LogP contribution in [0.2, 0.25) is 0 Å². The number of hydrogen-bond donors (Lipinski definition) is 2. The van der Waals surface area contributed by atoms with Gasteiger partial charge in [-0.15, -0.1) is 0 Å². The Hall–Kier alpha value is -1.77. The van der Waals surface area contributed by atoms with Gasteiger partial charge in [0.1, 0.15) is 6.61 Å². The molecule has 1 aliphatic heterocycles. The highest BCUT2D eigenvalue weighted by atomic mass is 31.2. The van der Waals surface area contributed by atoms with Crippen LogP contribution in [0.25, 0.3) is 0 Å². The predicted octanol–water partition coefficient (Wildman–Crippen LogP) is 8.05. The molecular formula is C33H57O9P. The van der Waals surface area contributed by atoms with E-state index < -0.39 is 32.5 Å². The van der Waals surface area contributed by atoms with Crippen molar-refractivity contribution in [3.63, 3.8) is 0 Å². The van der Waals surface area contributed by atoms with Crippen molar-refractivity contribution in [3.05, 3.63) is 36.5 Å². The van der Waals surface area contributed by atoms with Crippen molar-refractivity contribution in [3.8, 4) is 0 Å². The Labute approximate surface area is 259 Å². The number of carbonyl (C=O) groups excluding carboxylic acids is 2. The predicted molar refractivity (Wildman–Crippen MR) is 169 cm³/mol. The number of hydrogen-bond acceptors (Lipinski definition) is 7. The van der Waals surface area contributed by atoms with Gasteiger partial charge in [-0.05, 0) is 51.4 Å². The summed E-state index contributed by atoms with van der Waals surface area (Å²) in [7, 11) is -4.76. The Bertz CT molecular complexity index is 864. The third-order valence-corrected chi connectivity index (χ3v) is 7.57. The highest BCUT2D eigenvalue weighted by molar-refractivity contribution is 7.46. The molecule has 2 N–H and O–H groups in total. The molecule has 2 unspecified atom stereocenters. The van der Waals surface area contributed by atoms with E-state index in [9.17, 15) is 14.2 Å². The van der Waals surface area contributed by atoms with E-state index in [2.05, 4.69) is 54.8 Å². The van der Waals surface area contributed by atoms with Crippen molar-refractivity contribution in [1.29, 1.82) is 0 Å². The summed E-state index contributed by atoms with van der Waals surface area (Å²) in [6, 6.07) is 0. The lowest BCUT2D eigenvalue weighted by molar-refractivity contribution is -0.161. The maximum absolute atomic E-state index is 12.2. The van der Waals surface area contributed by atoms with Gasteiger partial charge >= 0.3 is 19.8 Å². The standard InChI is InChI=1S/C33H57O9P/c1-3-5-7-9-11-12-13-14-15-17-18-20-23-30-31(42-30)24-22-26-32(34)39-27-29(28-40-43(36,37)38)41-33(35)25-21-19-16-10-8-6-4-2/h11-12,14-15,18,20,29-31H,3-10,13,16-17,19,21-28H2,1-2H3,(H2,36,37,38)/b12-11-,15-14-,20-18-/t29-,30?,31?/m1/s1. The van der Waals surface area contributed by atoms with Gasteiger partial charge in [-0.25, -0.2) is 4.57 Å². The molecule has 0 aromatic rings. The van der Waals surface area contributed by atoms with Crippen LogP contribution in [0.5, 0.6) is 0 Å². The van der Waals surface area contributed by atoms with Crippen LogP contribution in [-0.2, 0) is 32.9 Å². The first-order valence-corrected chi connectivity index (χ1v) is 17.9. The second kappa shape index (κ2) is 25.5. The summed E-state index contributed by atoms with van der Waals surface area (Å²) >= 11 is 0. The van der Waals surface area contributed by atoms with Crippen LogP contribution in [0.1, 0.15) is 129 Å². The first-order chi connectivity index (χ1) is 20.7. The molecule has 0 bridgehead atoms. The van der Waals surface area contributed by atoms with Crippen LogP contribution in [0, 0.1) is 0 Å². The summed E-state index contributed by atoms with van der Waals surface area (Å²) in [5.74, 6) is -0.972. The van der Waals surface area contributed by atoms with Gasteiger partial charge in [0.2, 0.25) is 0 Å². The average Bonchev–Trinajstić information content (AvgIpc) is 3.72. The largest absolute Gasteiger partial charge is 0.469 e.